The second-order valence-corrected chi connectivity index (χ2v) is 5.70. The van der Waals surface area contributed by atoms with E-state index in [1.54, 1.807) is 6.07 Å². The van der Waals surface area contributed by atoms with Crippen LogP contribution >= 0.6 is 23.4 Å². The molecule has 3 aromatic rings. The van der Waals surface area contributed by atoms with Crippen LogP contribution in [0.1, 0.15) is 5.56 Å². The molecule has 5 nitrogen and oxygen atoms in total. The van der Waals surface area contributed by atoms with Gasteiger partial charge in [0.15, 0.2) is 10.8 Å². The quantitative estimate of drug-likeness (QED) is 0.689. The van der Waals surface area contributed by atoms with E-state index in [1.165, 1.54) is 0 Å². The fraction of sp³-hybridized carbons (Fsp3) is 0.154. The molecule has 0 saturated carbocycles. The number of halogens is 1. The number of rotatable bonds is 3. The van der Waals surface area contributed by atoms with E-state index in [2.05, 4.69) is 10.2 Å². The molecule has 2 aromatic heterocycles. The van der Waals surface area contributed by atoms with Crippen molar-refractivity contribution in [2.24, 2.45) is 0 Å². The second-order valence-electron chi connectivity index (χ2n) is 4.33. The van der Waals surface area contributed by atoms with E-state index < -0.39 is 5.97 Å². The molecule has 0 fully saturated rings. The first-order chi connectivity index (χ1) is 9.56. The number of carboxylic acids is 1. The summed E-state index contributed by atoms with van der Waals surface area (Å²) in [4.78, 5) is 10.6. The Bertz CT molecular complexity index is 831. The summed E-state index contributed by atoms with van der Waals surface area (Å²) in [6, 6.07) is 7.44. The minimum atomic E-state index is -1.13. The number of carboxylic acid groups (broad SMARTS) is 1. The summed E-state index contributed by atoms with van der Waals surface area (Å²) in [7, 11) is 0. The molecule has 0 aliphatic heterocycles. The first-order valence-corrected chi connectivity index (χ1v) is 7.19. The van der Waals surface area contributed by atoms with Crippen LogP contribution in [0, 0.1) is 6.92 Å². The Morgan fingerprint density at radius 3 is 2.95 bits per heavy atom. The first kappa shape index (κ1) is 13.2. The van der Waals surface area contributed by atoms with Gasteiger partial charge in [-0.3, -0.25) is 4.40 Å². The van der Waals surface area contributed by atoms with Crippen molar-refractivity contribution in [2.45, 2.75) is 12.1 Å². The summed E-state index contributed by atoms with van der Waals surface area (Å²) in [6.07, 6.45) is 0. The highest BCUT2D eigenvalue weighted by atomic mass is 35.5. The Balaban J connectivity index is 2.27. The van der Waals surface area contributed by atoms with Crippen LogP contribution in [0.2, 0.25) is 5.02 Å². The molecule has 0 spiro atoms. The second kappa shape index (κ2) is 4.96. The van der Waals surface area contributed by atoms with Gasteiger partial charge in [0.1, 0.15) is 0 Å². The highest BCUT2D eigenvalue weighted by Crippen LogP contribution is 2.27. The van der Waals surface area contributed by atoms with Gasteiger partial charge in [-0.2, -0.15) is 0 Å². The first-order valence-electron chi connectivity index (χ1n) is 5.83. The van der Waals surface area contributed by atoms with E-state index in [0.29, 0.717) is 15.8 Å². The molecule has 0 radical (unpaired) electrons. The van der Waals surface area contributed by atoms with Gasteiger partial charge in [0.25, 0.3) is 0 Å². The number of thioether (sulfide) groups is 1. The van der Waals surface area contributed by atoms with Crippen LogP contribution in [0.4, 0.5) is 0 Å². The number of carbonyl (C=O) groups is 1. The largest absolute Gasteiger partial charge is 0.549 e. The summed E-state index contributed by atoms with van der Waals surface area (Å²) in [5.41, 5.74) is 2.62. The molecule has 0 aliphatic rings. The smallest absolute Gasteiger partial charge is 0.196 e. The number of pyridine rings is 1. The van der Waals surface area contributed by atoms with Gasteiger partial charge in [-0.25, -0.2) is 0 Å². The number of benzene rings is 1. The van der Waals surface area contributed by atoms with E-state index >= 15 is 0 Å². The molecule has 2 heterocycles. The molecule has 0 atom stereocenters. The van der Waals surface area contributed by atoms with Crippen LogP contribution in [-0.4, -0.2) is 26.3 Å². The molecular formula is C13H9ClN3O2S-. The van der Waals surface area contributed by atoms with Gasteiger partial charge in [-0.15, -0.1) is 10.2 Å². The predicted molar refractivity (Wildman–Crippen MR) is 76.0 cm³/mol. The Hall–Kier alpha value is -1.79. The average Bonchev–Trinajstić information content (AvgIpc) is 2.79. The molecule has 0 bridgehead atoms. The Morgan fingerprint density at radius 1 is 1.40 bits per heavy atom. The van der Waals surface area contributed by atoms with Crippen molar-refractivity contribution in [3.8, 4) is 0 Å². The van der Waals surface area contributed by atoms with Crippen LogP contribution in [0.25, 0.3) is 16.6 Å². The molecule has 7 heteroatoms. The Morgan fingerprint density at radius 2 is 2.20 bits per heavy atom. The van der Waals surface area contributed by atoms with E-state index in [4.69, 9.17) is 11.6 Å². The minimum Gasteiger partial charge on any atom is -0.549 e. The molecule has 1 aromatic carbocycles. The number of aryl methyl sites for hydroxylation is 1. The zero-order valence-electron chi connectivity index (χ0n) is 10.5. The van der Waals surface area contributed by atoms with Gasteiger partial charge in [0.05, 0.1) is 11.5 Å². The van der Waals surface area contributed by atoms with Gasteiger partial charge in [0, 0.05) is 16.2 Å². The summed E-state index contributed by atoms with van der Waals surface area (Å²) in [6.45, 7) is 1.97. The molecule has 3 rings (SSSR count). The third kappa shape index (κ3) is 2.21. The summed E-state index contributed by atoms with van der Waals surface area (Å²) in [5.74, 6) is -1.30. The minimum absolute atomic E-state index is 0.163. The lowest BCUT2D eigenvalue weighted by molar-refractivity contribution is -0.301. The maximum Gasteiger partial charge on any atom is 0.196 e. The highest BCUT2D eigenvalue weighted by Gasteiger charge is 2.11. The molecular weight excluding hydrogens is 298 g/mol. The maximum absolute atomic E-state index is 10.6. The molecule has 102 valence electrons. The summed E-state index contributed by atoms with van der Waals surface area (Å²) < 4.78 is 1.83. The number of nitrogens with zero attached hydrogens (tertiary/aromatic N) is 3. The molecule has 0 saturated heterocycles. The number of fused-ring (bicyclic) bond motifs is 3. The molecule has 20 heavy (non-hydrogen) atoms. The van der Waals surface area contributed by atoms with Crippen molar-refractivity contribution in [3.05, 3.63) is 34.9 Å². The van der Waals surface area contributed by atoms with Crippen molar-refractivity contribution in [1.82, 2.24) is 14.6 Å². The van der Waals surface area contributed by atoms with Gasteiger partial charge < -0.3 is 9.90 Å². The van der Waals surface area contributed by atoms with Crippen LogP contribution in [-0.2, 0) is 4.79 Å². The lowest BCUT2D eigenvalue weighted by Crippen LogP contribution is -2.24. The Kier molecular flexibility index (Phi) is 3.27. The van der Waals surface area contributed by atoms with E-state index in [-0.39, 0.29) is 5.75 Å². The fourth-order valence-corrected chi connectivity index (χ4v) is 2.95. The van der Waals surface area contributed by atoms with Crippen molar-refractivity contribution in [3.63, 3.8) is 0 Å². The lowest BCUT2D eigenvalue weighted by Gasteiger charge is -2.08. The maximum atomic E-state index is 10.6. The van der Waals surface area contributed by atoms with Crippen LogP contribution in [0.3, 0.4) is 0 Å². The number of hydrogen-bond donors (Lipinski definition) is 0. The third-order valence-corrected chi connectivity index (χ3v) is 4.09. The normalized spacial score (nSPS) is 11.3. The zero-order valence-corrected chi connectivity index (χ0v) is 12.0. The third-order valence-electron chi connectivity index (χ3n) is 2.95. The number of aliphatic carboxylic acids is 1. The summed E-state index contributed by atoms with van der Waals surface area (Å²) >= 11 is 7.11. The average molecular weight is 307 g/mol. The zero-order chi connectivity index (χ0) is 14.3. The number of hydrogen-bond acceptors (Lipinski definition) is 5. The molecule has 0 unspecified atom stereocenters. The highest BCUT2D eigenvalue weighted by molar-refractivity contribution is 7.99. The van der Waals surface area contributed by atoms with E-state index in [9.17, 15) is 9.90 Å². The number of aromatic nitrogens is 3. The number of carbonyl (C=O) groups excluding carboxylic acids is 1. The molecule has 0 N–H and O–H groups in total. The van der Waals surface area contributed by atoms with Crippen LogP contribution in [0.5, 0.6) is 0 Å². The monoisotopic (exact) mass is 306 g/mol. The van der Waals surface area contributed by atoms with E-state index in [1.807, 2.05) is 29.5 Å². The van der Waals surface area contributed by atoms with Crippen LogP contribution < -0.4 is 5.11 Å². The van der Waals surface area contributed by atoms with Crippen molar-refractivity contribution in [2.75, 3.05) is 5.75 Å². The van der Waals surface area contributed by atoms with Crippen molar-refractivity contribution in [1.29, 1.82) is 0 Å². The molecule has 0 aliphatic carbocycles. The van der Waals surface area contributed by atoms with Crippen molar-refractivity contribution < 1.29 is 9.90 Å². The molecule has 0 amide bonds. The van der Waals surface area contributed by atoms with Gasteiger partial charge in [-0.05, 0) is 36.8 Å². The lowest BCUT2D eigenvalue weighted by atomic mass is 10.1. The fourth-order valence-electron chi connectivity index (χ4n) is 2.11. The summed E-state index contributed by atoms with van der Waals surface area (Å²) in [5, 5.41) is 20.9. The SMILES string of the molecule is Cc1cc2nnc(SCC(=O)[O-])n2c2ccc(Cl)cc12. The Labute approximate surface area is 123 Å². The van der Waals surface area contributed by atoms with Crippen molar-refractivity contribution >= 4 is 45.9 Å². The standard InChI is InChI=1S/C13H10ClN3O2S/c1-7-4-11-15-16-13(20-6-12(18)19)17(11)10-3-2-8(14)5-9(7)10/h2-5H,6H2,1H3,(H,18,19)/p-1. The van der Waals surface area contributed by atoms with Crippen LogP contribution in [0.15, 0.2) is 29.4 Å². The predicted octanol–water partition coefficient (Wildman–Crippen LogP) is 1.69. The van der Waals surface area contributed by atoms with Gasteiger partial charge in [0.2, 0.25) is 0 Å². The topological polar surface area (TPSA) is 70.3 Å². The van der Waals surface area contributed by atoms with E-state index in [0.717, 1.165) is 28.2 Å². The van der Waals surface area contributed by atoms with Gasteiger partial charge >= 0.3 is 0 Å². The van der Waals surface area contributed by atoms with Gasteiger partial charge in [-0.1, -0.05) is 23.4 Å².